The van der Waals surface area contributed by atoms with Crippen LogP contribution in [0.1, 0.15) is 11.1 Å². The van der Waals surface area contributed by atoms with Crippen molar-refractivity contribution in [2.75, 3.05) is 43.8 Å². The van der Waals surface area contributed by atoms with Gasteiger partial charge in [-0.25, -0.2) is 8.42 Å². The van der Waals surface area contributed by atoms with Gasteiger partial charge < -0.3 is 14.4 Å². The molecule has 39 heavy (non-hydrogen) atoms. The van der Waals surface area contributed by atoms with E-state index in [1.54, 1.807) is 17.0 Å². The molecular weight excluding hydrogens is 524 g/mol. The molecule has 0 aliphatic carbocycles. The van der Waals surface area contributed by atoms with Gasteiger partial charge in [0, 0.05) is 44.9 Å². The largest absolute Gasteiger partial charge is 0.454 e. The lowest BCUT2D eigenvalue weighted by atomic mass is 10.1. The number of carbonyl (C=O) groups is 1. The number of nitro groups is 1. The average molecular weight is 553 g/mol. The van der Waals surface area contributed by atoms with E-state index >= 15 is 0 Å². The van der Waals surface area contributed by atoms with Gasteiger partial charge in [-0.15, -0.1) is 0 Å². The van der Waals surface area contributed by atoms with Crippen LogP contribution >= 0.6 is 0 Å². The van der Waals surface area contributed by atoms with Crippen molar-refractivity contribution in [3.8, 4) is 11.5 Å². The van der Waals surface area contributed by atoms with E-state index in [0.717, 1.165) is 26.9 Å². The molecular formula is C27H28N4O7S. The average Bonchev–Trinajstić information content (AvgIpc) is 3.40. The minimum atomic E-state index is -4.17. The van der Waals surface area contributed by atoms with Crippen molar-refractivity contribution in [3.05, 3.63) is 88.0 Å². The Morgan fingerprint density at radius 2 is 1.69 bits per heavy atom. The number of benzene rings is 3. The summed E-state index contributed by atoms with van der Waals surface area (Å²) in [5.41, 5.74) is 1.74. The predicted octanol–water partition coefficient (Wildman–Crippen LogP) is 3.17. The summed E-state index contributed by atoms with van der Waals surface area (Å²) in [6, 6.07) is 17.4. The molecule has 1 amide bonds. The number of piperazine rings is 1. The molecule has 1 fully saturated rings. The number of hydrogen-bond donors (Lipinski definition) is 0. The third-order valence-corrected chi connectivity index (χ3v) is 8.57. The zero-order valence-electron chi connectivity index (χ0n) is 21.4. The van der Waals surface area contributed by atoms with Crippen LogP contribution in [0, 0.1) is 17.0 Å². The predicted molar refractivity (Wildman–Crippen MR) is 143 cm³/mol. The summed E-state index contributed by atoms with van der Waals surface area (Å²) < 4.78 is 39.0. The van der Waals surface area contributed by atoms with Crippen LogP contribution in [0.15, 0.2) is 71.6 Å². The van der Waals surface area contributed by atoms with Gasteiger partial charge >= 0.3 is 0 Å². The quantitative estimate of drug-likeness (QED) is 0.309. The molecule has 0 N–H and O–H groups in total. The molecule has 1 saturated heterocycles. The zero-order valence-corrected chi connectivity index (χ0v) is 22.2. The van der Waals surface area contributed by atoms with Crippen LogP contribution in [0.4, 0.5) is 11.4 Å². The topological polar surface area (TPSA) is 123 Å². The molecule has 0 aromatic heterocycles. The van der Waals surface area contributed by atoms with E-state index in [1.165, 1.54) is 36.4 Å². The number of nitrogens with zero attached hydrogens (tertiary/aromatic N) is 4. The van der Waals surface area contributed by atoms with Gasteiger partial charge in [0.1, 0.15) is 6.54 Å². The van der Waals surface area contributed by atoms with Crippen LogP contribution in [0.3, 0.4) is 0 Å². The van der Waals surface area contributed by atoms with E-state index in [2.05, 4.69) is 4.90 Å². The highest BCUT2D eigenvalue weighted by molar-refractivity contribution is 7.92. The first-order valence-corrected chi connectivity index (χ1v) is 13.9. The van der Waals surface area contributed by atoms with Gasteiger partial charge in [0.2, 0.25) is 12.7 Å². The molecule has 5 rings (SSSR count). The Kier molecular flexibility index (Phi) is 7.40. The maximum absolute atomic E-state index is 13.6. The number of aryl methyl sites for hydroxylation is 1. The van der Waals surface area contributed by atoms with Gasteiger partial charge in [-0.3, -0.25) is 24.1 Å². The second-order valence-corrected chi connectivity index (χ2v) is 11.3. The highest BCUT2D eigenvalue weighted by Gasteiger charge is 2.31. The Bertz CT molecular complexity index is 1490. The molecule has 2 aliphatic heterocycles. The normalized spacial score (nSPS) is 15.3. The van der Waals surface area contributed by atoms with Gasteiger partial charge in [0.05, 0.1) is 15.5 Å². The fraction of sp³-hybridized carbons (Fsp3) is 0.296. The summed E-state index contributed by atoms with van der Waals surface area (Å²) in [6.45, 7) is 4.34. The Morgan fingerprint density at radius 3 is 2.41 bits per heavy atom. The molecule has 0 atom stereocenters. The molecule has 0 bridgehead atoms. The lowest BCUT2D eigenvalue weighted by molar-refractivity contribution is -0.384. The van der Waals surface area contributed by atoms with E-state index in [4.69, 9.17) is 9.47 Å². The molecule has 3 aromatic rings. The molecule has 204 valence electrons. The Hall–Kier alpha value is -4.16. The van der Waals surface area contributed by atoms with Crippen molar-refractivity contribution in [1.29, 1.82) is 0 Å². The molecule has 11 nitrogen and oxygen atoms in total. The standard InChI is InChI=1S/C27H28N4O7S/c1-20-5-8-24(9-6-20)39(35,36)30(22-3-2-4-23(16-22)31(33)34)18-27(32)29-13-11-28(12-14-29)17-21-7-10-25-26(15-21)38-19-37-25/h2-10,15-16H,11-14,17-19H2,1H3. The number of carbonyl (C=O) groups excluding carboxylic acids is 1. The molecule has 0 saturated carbocycles. The minimum absolute atomic E-state index is 0.000881. The molecule has 0 spiro atoms. The summed E-state index contributed by atoms with van der Waals surface area (Å²) in [6.07, 6.45) is 0. The van der Waals surface area contributed by atoms with Crippen LogP contribution in [0.25, 0.3) is 0 Å². The van der Waals surface area contributed by atoms with Crippen molar-refractivity contribution in [3.63, 3.8) is 0 Å². The van der Waals surface area contributed by atoms with Gasteiger partial charge in [-0.05, 0) is 42.8 Å². The van der Waals surface area contributed by atoms with Crippen LogP contribution in [0.5, 0.6) is 11.5 Å². The van der Waals surface area contributed by atoms with E-state index in [-0.39, 0.29) is 29.0 Å². The maximum Gasteiger partial charge on any atom is 0.271 e. The number of non-ortho nitro benzene ring substituents is 1. The highest BCUT2D eigenvalue weighted by atomic mass is 32.2. The molecule has 2 aliphatic rings. The molecule has 0 radical (unpaired) electrons. The second kappa shape index (κ2) is 10.9. The summed E-state index contributed by atoms with van der Waals surface area (Å²) in [5.74, 6) is 1.07. The second-order valence-electron chi connectivity index (χ2n) is 9.45. The minimum Gasteiger partial charge on any atom is -0.454 e. The van der Waals surface area contributed by atoms with Crippen LogP contribution < -0.4 is 13.8 Å². The lowest BCUT2D eigenvalue weighted by Crippen LogP contribution is -2.51. The van der Waals surface area contributed by atoms with Crippen molar-refractivity contribution in [2.24, 2.45) is 0 Å². The monoisotopic (exact) mass is 552 g/mol. The Balaban J connectivity index is 1.30. The van der Waals surface area contributed by atoms with Crippen LogP contribution in [-0.2, 0) is 21.4 Å². The summed E-state index contributed by atoms with van der Waals surface area (Å²) in [7, 11) is -4.17. The number of anilines is 1. The van der Waals surface area contributed by atoms with Crippen molar-refractivity contribution >= 4 is 27.3 Å². The summed E-state index contributed by atoms with van der Waals surface area (Å²) in [4.78, 5) is 28.0. The van der Waals surface area contributed by atoms with Crippen molar-refractivity contribution < 1.29 is 27.6 Å². The number of rotatable bonds is 8. The van der Waals surface area contributed by atoms with Crippen LogP contribution in [0.2, 0.25) is 0 Å². The number of nitro benzene ring substituents is 1. The first-order valence-electron chi connectivity index (χ1n) is 12.4. The third kappa shape index (κ3) is 5.81. The van der Waals surface area contributed by atoms with Crippen molar-refractivity contribution in [1.82, 2.24) is 9.80 Å². The molecule has 0 unspecified atom stereocenters. The highest BCUT2D eigenvalue weighted by Crippen LogP contribution is 2.33. The SMILES string of the molecule is Cc1ccc(S(=O)(=O)N(CC(=O)N2CCN(Cc3ccc4c(c3)OCO4)CC2)c2cccc([N+](=O)[O-])c2)cc1. The fourth-order valence-electron chi connectivity index (χ4n) is 4.59. The number of fused-ring (bicyclic) bond motifs is 1. The summed E-state index contributed by atoms with van der Waals surface area (Å²) in [5, 5.41) is 11.4. The molecule has 3 aromatic carbocycles. The number of amides is 1. The molecule has 12 heteroatoms. The first-order chi connectivity index (χ1) is 18.7. The van der Waals surface area contributed by atoms with Gasteiger partial charge in [-0.2, -0.15) is 0 Å². The maximum atomic E-state index is 13.6. The zero-order chi connectivity index (χ0) is 27.6. The number of hydrogen-bond acceptors (Lipinski definition) is 8. The number of ether oxygens (including phenoxy) is 2. The third-order valence-electron chi connectivity index (χ3n) is 6.78. The Morgan fingerprint density at radius 1 is 0.974 bits per heavy atom. The number of sulfonamides is 1. The van der Waals surface area contributed by atoms with Gasteiger partial charge in [-0.1, -0.05) is 29.8 Å². The van der Waals surface area contributed by atoms with Crippen LogP contribution in [-0.4, -0.2) is 68.6 Å². The Labute approximate surface area is 226 Å². The molecule has 2 heterocycles. The van der Waals surface area contributed by atoms with E-state index in [1.807, 2.05) is 25.1 Å². The van der Waals surface area contributed by atoms with Gasteiger partial charge in [0.25, 0.3) is 15.7 Å². The lowest BCUT2D eigenvalue weighted by Gasteiger charge is -2.36. The smallest absolute Gasteiger partial charge is 0.271 e. The van der Waals surface area contributed by atoms with E-state index in [0.29, 0.717) is 32.7 Å². The van der Waals surface area contributed by atoms with E-state index < -0.39 is 21.5 Å². The van der Waals surface area contributed by atoms with Crippen molar-refractivity contribution in [2.45, 2.75) is 18.4 Å². The van der Waals surface area contributed by atoms with E-state index in [9.17, 15) is 23.3 Å². The first kappa shape index (κ1) is 26.4. The van der Waals surface area contributed by atoms with Gasteiger partial charge in [0.15, 0.2) is 11.5 Å². The fourth-order valence-corrected chi connectivity index (χ4v) is 6.00. The summed E-state index contributed by atoms with van der Waals surface area (Å²) >= 11 is 0.